The van der Waals surface area contributed by atoms with Gasteiger partial charge in [0.1, 0.15) is 18.4 Å². The fourth-order valence-electron chi connectivity index (χ4n) is 4.88. The summed E-state index contributed by atoms with van der Waals surface area (Å²) in [5.41, 5.74) is 4.87. The van der Waals surface area contributed by atoms with Gasteiger partial charge >= 0.3 is 0 Å². The van der Waals surface area contributed by atoms with Crippen LogP contribution in [0, 0.1) is 11.8 Å². The molecule has 2 aliphatic carbocycles. The molecule has 5 aromatic rings. The third-order valence-corrected chi connectivity index (χ3v) is 6.57. The summed E-state index contributed by atoms with van der Waals surface area (Å²) >= 11 is 0. The average molecular weight is 427 g/mol. The number of rotatable bonds is 4. The van der Waals surface area contributed by atoms with Crippen molar-refractivity contribution in [2.24, 2.45) is 18.9 Å². The van der Waals surface area contributed by atoms with Gasteiger partial charge in [0.05, 0.1) is 6.33 Å². The van der Waals surface area contributed by atoms with Crippen molar-refractivity contribution in [2.45, 2.75) is 18.9 Å². The monoisotopic (exact) mass is 427 g/mol. The summed E-state index contributed by atoms with van der Waals surface area (Å²) in [6.07, 6.45) is 7.80. The number of aryl methyl sites for hydroxylation is 1. The number of allylic oxidation sites excluding steroid dienone is 2. The number of nitrogens with zero attached hydrogens (tertiary/aromatic N) is 7. The second kappa shape index (κ2) is 6.22. The lowest BCUT2D eigenvalue weighted by molar-refractivity contribution is 0.364. The molecule has 0 saturated heterocycles. The van der Waals surface area contributed by atoms with E-state index in [1.165, 1.54) is 28.4 Å². The Hall–Kier alpha value is -4.08. The van der Waals surface area contributed by atoms with E-state index in [2.05, 4.69) is 43.3 Å². The normalized spacial score (nSPS) is 21.9. The van der Waals surface area contributed by atoms with Crippen molar-refractivity contribution in [3.63, 3.8) is 0 Å². The minimum atomic E-state index is -0.185. The fourth-order valence-corrected chi connectivity index (χ4v) is 4.88. The Kier molecular flexibility index (Phi) is 3.42. The van der Waals surface area contributed by atoms with Gasteiger partial charge in [-0.05, 0) is 41.5 Å². The number of imidazole rings is 1. The molecule has 32 heavy (non-hydrogen) atoms. The van der Waals surface area contributed by atoms with Gasteiger partial charge in [-0.1, -0.05) is 17.3 Å². The molecule has 2 aliphatic rings. The molecule has 4 heterocycles. The van der Waals surface area contributed by atoms with Crippen LogP contribution in [0.3, 0.4) is 0 Å². The van der Waals surface area contributed by atoms with Crippen LogP contribution in [-0.2, 0) is 13.6 Å². The average Bonchev–Trinajstić information content (AvgIpc) is 3.38. The zero-order valence-corrected chi connectivity index (χ0v) is 17.0. The Bertz CT molecular complexity index is 1600. The minimum absolute atomic E-state index is 0.181. The van der Waals surface area contributed by atoms with Crippen LogP contribution in [0.1, 0.15) is 29.6 Å². The summed E-state index contributed by atoms with van der Waals surface area (Å²) in [4.78, 5) is 29.9. The van der Waals surface area contributed by atoms with Gasteiger partial charge in [-0.15, -0.1) is 0 Å². The summed E-state index contributed by atoms with van der Waals surface area (Å²) in [5, 5.41) is 4.20. The van der Waals surface area contributed by atoms with Crippen molar-refractivity contribution in [3.8, 4) is 0 Å². The van der Waals surface area contributed by atoms with Gasteiger partial charge < -0.3 is 13.5 Å². The third-order valence-electron chi connectivity index (χ3n) is 6.57. The summed E-state index contributed by atoms with van der Waals surface area (Å²) in [5.74, 6) is 2.27. The maximum absolute atomic E-state index is 12.7. The summed E-state index contributed by atoms with van der Waals surface area (Å²) in [6.45, 7) is 0.181. The highest BCUT2D eigenvalue weighted by Crippen LogP contribution is 2.62. The van der Waals surface area contributed by atoms with Crippen molar-refractivity contribution < 1.29 is 8.94 Å². The highest BCUT2D eigenvalue weighted by atomic mass is 16.5. The molecule has 1 aromatic carbocycles. The number of hydrogen-bond donors (Lipinski definition) is 0. The molecule has 0 bridgehead atoms. The van der Waals surface area contributed by atoms with Crippen molar-refractivity contribution in [3.05, 3.63) is 71.0 Å². The quantitative estimate of drug-likeness (QED) is 0.429. The molecule has 10 nitrogen and oxygen atoms in total. The lowest BCUT2D eigenvalue weighted by Gasteiger charge is -2.05. The fraction of sp³-hybridized carbons (Fsp3) is 0.273. The molecule has 10 heteroatoms. The molecule has 0 spiro atoms. The Labute approximate surface area is 180 Å². The Morgan fingerprint density at radius 3 is 2.97 bits per heavy atom. The van der Waals surface area contributed by atoms with Crippen molar-refractivity contribution in [2.75, 3.05) is 0 Å². The van der Waals surface area contributed by atoms with Crippen molar-refractivity contribution in [1.82, 2.24) is 34.2 Å². The smallest absolute Gasteiger partial charge is 0.280 e. The molecule has 0 aliphatic heterocycles. The molecule has 1 fully saturated rings. The molecular formula is C22H17N7O3. The third kappa shape index (κ3) is 2.52. The second-order valence-electron chi connectivity index (χ2n) is 8.45. The number of aromatic nitrogens is 7. The van der Waals surface area contributed by atoms with E-state index in [1.807, 2.05) is 6.07 Å². The first-order valence-corrected chi connectivity index (χ1v) is 10.4. The van der Waals surface area contributed by atoms with Crippen LogP contribution in [0.4, 0.5) is 0 Å². The van der Waals surface area contributed by atoms with E-state index < -0.39 is 0 Å². The van der Waals surface area contributed by atoms with Gasteiger partial charge in [0.15, 0.2) is 29.0 Å². The number of oxazole rings is 1. The van der Waals surface area contributed by atoms with Crippen LogP contribution >= 0.6 is 0 Å². The highest BCUT2D eigenvalue weighted by molar-refractivity contribution is 5.80. The van der Waals surface area contributed by atoms with Gasteiger partial charge in [-0.25, -0.2) is 15.0 Å². The van der Waals surface area contributed by atoms with Gasteiger partial charge in [-0.3, -0.25) is 9.36 Å². The predicted molar refractivity (Wildman–Crippen MR) is 112 cm³/mol. The first kappa shape index (κ1) is 17.6. The Morgan fingerprint density at radius 2 is 2.09 bits per heavy atom. The topological polar surface area (TPSA) is 118 Å². The van der Waals surface area contributed by atoms with E-state index in [-0.39, 0.29) is 18.0 Å². The van der Waals surface area contributed by atoms with Crippen LogP contribution in [-0.4, -0.2) is 34.2 Å². The maximum Gasteiger partial charge on any atom is 0.280 e. The van der Waals surface area contributed by atoms with E-state index in [0.29, 0.717) is 34.7 Å². The lowest BCUT2D eigenvalue weighted by Crippen LogP contribution is -2.22. The molecule has 7 rings (SSSR count). The highest BCUT2D eigenvalue weighted by Gasteiger charge is 2.55. The zero-order chi connectivity index (χ0) is 21.4. The van der Waals surface area contributed by atoms with E-state index in [1.54, 1.807) is 17.9 Å². The molecule has 0 radical (unpaired) electrons. The lowest BCUT2D eigenvalue weighted by atomic mass is 10.0. The van der Waals surface area contributed by atoms with Gasteiger partial charge in [0.2, 0.25) is 5.89 Å². The van der Waals surface area contributed by atoms with E-state index >= 15 is 0 Å². The minimum Gasteiger partial charge on any atom is -0.443 e. The molecule has 4 aromatic heterocycles. The van der Waals surface area contributed by atoms with Crippen LogP contribution < -0.4 is 5.56 Å². The molecule has 3 unspecified atom stereocenters. The molecule has 1 saturated carbocycles. The first-order valence-electron chi connectivity index (χ1n) is 10.4. The predicted octanol–water partition coefficient (Wildman–Crippen LogP) is 2.52. The van der Waals surface area contributed by atoms with Crippen molar-refractivity contribution >= 4 is 27.8 Å². The zero-order valence-electron chi connectivity index (χ0n) is 17.0. The molecule has 0 amide bonds. The van der Waals surface area contributed by atoms with E-state index in [4.69, 9.17) is 8.94 Å². The van der Waals surface area contributed by atoms with Gasteiger partial charge in [0, 0.05) is 13.0 Å². The van der Waals surface area contributed by atoms with Crippen LogP contribution in [0.5, 0.6) is 0 Å². The standard InChI is InChI=1S/C22H17N7O3/c1-28-8-23-21-19(28)22(30)29(9-24-21)7-17-26-20(27-32-17)18-13-4-12(5-14(13)18)11-2-3-16-15(6-11)25-10-31-16/h2-4,6,8-10,13-14,18H,5,7H2,1H3. The van der Waals surface area contributed by atoms with E-state index in [9.17, 15) is 4.79 Å². The van der Waals surface area contributed by atoms with Gasteiger partial charge in [-0.2, -0.15) is 4.98 Å². The van der Waals surface area contributed by atoms with Crippen molar-refractivity contribution in [1.29, 1.82) is 0 Å². The number of benzene rings is 1. The first-order chi connectivity index (χ1) is 15.7. The van der Waals surface area contributed by atoms with Crippen LogP contribution in [0.15, 0.2) is 57.1 Å². The molecule has 0 N–H and O–H groups in total. The SMILES string of the molecule is Cn1cnc2ncn(Cc3nc(C4C5C=C(c6ccc7ocnc7c6)CC54)no3)c(=O)c21. The molecular weight excluding hydrogens is 410 g/mol. The maximum atomic E-state index is 12.7. The summed E-state index contributed by atoms with van der Waals surface area (Å²) in [7, 11) is 1.77. The van der Waals surface area contributed by atoms with Crippen LogP contribution in [0.2, 0.25) is 0 Å². The van der Waals surface area contributed by atoms with Crippen LogP contribution in [0.25, 0.3) is 27.8 Å². The van der Waals surface area contributed by atoms with E-state index in [0.717, 1.165) is 17.5 Å². The largest absolute Gasteiger partial charge is 0.443 e. The number of fused-ring (bicyclic) bond motifs is 3. The summed E-state index contributed by atoms with van der Waals surface area (Å²) < 4.78 is 13.9. The van der Waals surface area contributed by atoms with Gasteiger partial charge in [0.25, 0.3) is 5.56 Å². The summed E-state index contributed by atoms with van der Waals surface area (Å²) in [6, 6.07) is 6.11. The molecule has 3 atom stereocenters. The molecule has 158 valence electrons. The number of hydrogen-bond acceptors (Lipinski definition) is 8. The Morgan fingerprint density at radius 1 is 1.19 bits per heavy atom. The second-order valence-corrected chi connectivity index (χ2v) is 8.45. The Balaban J connectivity index is 1.11.